The molecule has 0 atom stereocenters. The Kier molecular flexibility index (Phi) is 11.6. The van der Waals surface area contributed by atoms with E-state index in [-0.39, 0.29) is 20.1 Å². The van der Waals surface area contributed by atoms with E-state index in [1.54, 1.807) is 0 Å². The van der Waals surface area contributed by atoms with Gasteiger partial charge in [0.05, 0.1) is 0 Å². The summed E-state index contributed by atoms with van der Waals surface area (Å²) < 4.78 is 4.02. The van der Waals surface area contributed by atoms with E-state index in [0.717, 1.165) is 35.4 Å². The van der Waals surface area contributed by atoms with Gasteiger partial charge in [-0.15, -0.1) is 23.8 Å². The van der Waals surface area contributed by atoms with E-state index in [1.165, 1.54) is 41.3 Å². The Morgan fingerprint density at radius 2 is 1.53 bits per heavy atom. The molecule has 7 rings (SSSR count). The summed E-state index contributed by atoms with van der Waals surface area (Å²) in [5, 5.41) is 2.62. The Hall–Kier alpha value is -3.41. The molecule has 1 radical (unpaired) electrons. The van der Waals surface area contributed by atoms with Crippen molar-refractivity contribution in [1.82, 2.24) is 9.97 Å². The van der Waals surface area contributed by atoms with Crippen LogP contribution in [0.5, 0.6) is 0 Å². The van der Waals surface area contributed by atoms with Crippen LogP contribution >= 0.6 is 11.3 Å². The van der Waals surface area contributed by atoms with Crippen molar-refractivity contribution in [1.29, 1.82) is 0 Å². The van der Waals surface area contributed by atoms with Crippen LogP contribution in [0.2, 0.25) is 17.3 Å². The van der Waals surface area contributed by atoms with Gasteiger partial charge in [-0.2, -0.15) is 11.3 Å². The predicted molar refractivity (Wildman–Crippen MR) is 202 cm³/mol. The molecular weight excluding hydrogens is 829 g/mol. The molecule has 0 aliphatic heterocycles. The molecule has 0 aliphatic rings. The van der Waals surface area contributed by atoms with Crippen LogP contribution < -0.4 is 4.40 Å². The molecule has 0 aliphatic carbocycles. The maximum absolute atomic E-state index is 4.74. The fourth-order valence-electron chi connectivity index (χ4n) is 5.99. The Labute approximate surface area is 300 Å². The molecule has 7 aromatic rings. The standard InChI is InChI=1S/C28H24NS.C14H16GeN.Ir/c1-3-19(4-2)21-16-17-29-25(18-21)23-13-8-14-24-27-22(20-10-6-5-7-11-20)12-9-15-26(27)30-28(23)24;1-15(2,3)13-9-10-14(16-11-13)12-7-5-4-6-8-12;/h5-12,14-19H,3-4H2,1-2H3;4-7,9-11H,1-3H3;/q2*-1;. The zero-order valence-electron chi connectivity index (χ0n) is 27.7. The largest absolute Gasteiger partial charge is 0 e. The fraction of sp³-hybridized carbons (Fsp3) is 0.190. The van der Waals surface area contributed by atoms with Gasteiger partial charge in [0.25, 0.3) is 0 Å². The zero-order valence-corrected chi connectivity index (χ0v) is 33.0. The summed E-state index contributed by atoms with van der Waals surface area (Å²) in [5.41, 5.74) is 8.13. The Morgan fingerprint density at radius 3 is 2.21 bits per heavy atom. The summed E-state index contributed by atoms with van der Waals surface area (Å²) in [4.78, 5) is 9.27. The Bertz CT molecular complexity index is 2050. The van der Waals surface area contributed by atoms with E-state index in [2.05, 4.69) is 133 Å². The molecular formula is C42H40GeIrN2S-2. The van der Waals surface area contributed by atoms with Gasteiger partial charge in [-0.25, -0.2) is 0 Å². The van der Waals surface area contributed by atoms with Crippen molar-refractivity contribution < 1.29 is 20.1 Å². The molecule has 0 N–H and O–H groups in total. The molecule has 0 bridgehead atoms. The molecule has 0 amide bonds. The van der Waals surface area contributed by atoms with Gasteiger partial charge in [-0.1, -0.05) is 73.3 Å². The Morgan fingerprint density at radius 1 is 0.745 bits per heavy atom. The van der Waals surface area contributed by atoms with Gasteiger partial charge >= 0.3 is 99.8 Å². The van der Waals surface area contributed by atoms with Crippen LogP contribution in [-0.2, 0) is 20.1 Å². The van der Waals surface area contributed by atoms with Crippen LogP contribution in [0, 0.1) is 12.1 Å². The van der Waals surface area contributed by atoms with E-state index >= 15 is 0 Å². The first-order chi connectivity index (χ1) is 22.4. The molecule has 4 aromatic carbocycles. The maximum Gasteiger partial charge on any atom is 0 e. The smallest absolute Gasteiger partial charge is 0 e. The molecule has 0 saturated heterocycles. The van der Waals surface area contributed by atoms with Crippen molar-refractivity contribution >= 4 is 49.2 Å². The average molecular weight is 870 g/mol. The van der Waals surface area contributed by atoms with E-state index in [0.29, 0.717) is 5.92 Å². The van der Waals surface area contributed by atoms with E-state index in [4.69, 9.17) is 4.98 Å². The number of rotatable bonds is 7. The van der Waals surface area contributed by atoms with Gasteiger partial charge < -0.3 is 4.98 Å². The van der Waals surface area contributed by atoms with E-state index < -0.39 is 13.3 Å². The van der Waals surface area contributed by atoms with Crippen molar-refractivity contribution in [2.24, 2.45) is 0 Å². The van der Waals surface area contributed by atoms with Crippen LogP contribution in [0.15, 0.2) is 122 Å². The third-order valence-corrected chi connectivity index (χ3v) is 14.1. The van der Waals surface area contributed by atoms with Crippen molar-refractivity contribution in [2.45, 2.75) is 49.9 Å². The quantitative estimate of drug-likeness (QED) is 0.118. The van der Waals surface area contributed by atoms with E-state index in [1.807, 2.05) is 48.0 Å². The molecule has 0 spiro atoms. The number of hydrogen-bond acceptors (Lipinski definition) is 3. The third-order valence-electron chi connectivity index (χ3n) is 8.65. The van der Waals surface area contributed by atoms with Crippen LogP contribution in [0.1, 0.15) is 38.2 Å². The minimum Gasteiger partial charge on any atom is 0 e. The van der Waals surface area contributed by atoms with Crippen LogP contribution in [0.25, 0.3) is 53.8 Å². The summed E-state index contributed by atoms with van der Waals surface area (Å²) in [6.07, 6.45) is 6.29. The normalized spacial score (nSPS) is 11.3. The monoisotopic (exact) mass is 871 g/mol. The number of fused-ring (bicyclic) bond motifs is 3. The second kappa shape index (κ2) is 15.7. The van der Waals surface area contributed by atoms with Crippen molar-refractivity contribution in [3.8, 4) is 33.6 Å². The number of nitrogens with zero attached hydrogens (tertiary/aromatic N) is 2. The number of pyridine rings is 2. The maximum atomic E-state index is 4.74. The first kappa shape index (κ1) is 34.9. The molecule has 2 nitrogen and oxygen atoms in total. The molecule has 3 aromatic heterocycles. The van der Waals surface area contributed by atoms with Crippen LogP contribution in [0.3, 0.4) is 0 Å². The number of aromatic nitrogens is 2. The van der Waals surface area contributed by atoms with Gasteiger partial charge in [0.2, 0.25) is 0 Å². The minimum atomic E-state index is -1.72. The molecule has 47 heavy (non-hydrogen) atoms. The van der Waals surface area contributed by atoms with E-state index in [9.17, 15) is 0 Å². The average Bonchev–Trinajstić information content (AvgIpc) is 3.49. The molecule has 5 heteroatoms. The second-order valence-corrected chi connectivity index (χ2v) is 24.4. The first-order valence-corrected chi connectivity index (χ1v) is 24.3. The number of benzene rings is 4. The van der Waals surface area contributed by atoms with Crippen LogP contribution in [-0.4, -0.2) is 23.2 Å². The minimum absolute atomic E-state index is 0. The van der Waals surface area contributed by atoms with Gasteiger partial charge in [0, 0.05) is 31.0 Å². The SMILES string of the molecule is CCC(CC)c1ccnc(-c2[c-]ccc3c2sc2cccc(-c4ccccc4)c23)c1.[CH3][Ge]([CH3])([CH3])[c]1ccc(-c2[c-]cccc2)nc1.[Ir]. The van der Waals surface area contributed by atoms with Crippen LogP contribution in [0.4, 0.5) is 0 Å². The molecule has 0 saturated carbocycles. The summed E-state index contributed by atoms with van der Waals surface area (Å²) in [5.74, 6) is 7.72. The summed E-state index contributed by atoms with van der Waals surface area (Å²) >= 11 is 0.131. The summed E-state index contributed by atoms with van der Waals surface area (Å²) in [7, 11) is 0. The first-order valence-electron chi connectivity index (χ1n) is 16.2. The van der Waals surface area contributed by atoms with Gasteiger partial charge in [-0.05, 0) is 57.8 Å². The van der Waals surface area contributed by atoms with Crippen molar-refractivity contribution in [3.05, 3.63) is 139 Å². The summed E-state index contributed by atoms with van der Waals surface area (Å²) in [6, 6.07) is 45.0. The summed E-state index contributed by atoms with van der Waals surface area (Å²) in [6.45, 7) is 4.52. The fourth-order valence-corrected chi connectivity index (χ4v) is 9.39. The third kappa shape index (κ3) is 7.84. The van der Waals surface area contributed by atoms with Crippen molar-refractivity contribution in [2.75, 3.05) is 0 Å². The van der Waals surface area contributed by atoms with Gasteiger partial charge in [-0.3, -0.25) is 0 Å². The second-order valence-electron chi connectivity index (χ2n) is 12.7. The predicted octanol–water partition coefficient (Wildman–Crippen LogP) is 11.6. The molecule has 239 valence electrons. The van der Waals surface area contributed by atoms with Crippen molar-refractivity contribution in [3.63, 3.8) is 0 Å². The number of thiophene rings is 1. The number of hydrogen-bond donors (Lipinski definition) is 0. The molecule has 3 heterocycles. The molecule has 0 unspecified atom stereocenters. The van der Waals surface area contributed by atoms with Gasteiger partial charge in [0.1, 0.15) is 0 Å². The zero-order chi connectivity index (χ0) is 32.1. The topological polar surface area (TPSA) is 25.8 Å². The Balaban J connectivity index is 0.000000217. The molecule has 0 fully saturated rings. The van der Waals surface area contributed by atoms with Gasteiger partial charge in [0.15, 0.2) is 0 Å².